The predicted octanol–water partition coefficient (Wildman–Crippen LogP) is 2.93. The van der Waals surface area contributed by atoms with Crippen LogP contribution in [0.1, 0.15) is 25.3 Å². The summed E-state index contributed by atoms with van der Waals surface area (Å²) >= 11 is 6.36. The van der Waals surface area contributed by atoms with Crippen molar-refractivity contribution in [2.45, 2.75) is 26.3 Å². The van der Waals surface area contributed by atoms with E-state index in [4.69, 9.17) is 21.1 Å². The van der Waals surface area contributed by atoms with Crippen molar-refractivity contribution in [2.75, 3.05) is 39.9 Å². The van der Waals surface area contributed by atoms with Gasteiger partial charge >= 0.3 is 0 Å². The Morgan fingerprint density at radius 2 is 2.23 bits per heavy atom. The van der Waals surface area contributed by atoms with Gasteiger partial charge in [-0.25, -0.2) is 0 Å². The molecular weight excluding hydrogens is 300 g/mol. The Morgan fingerprint density at radius 3 is 2.91 bits per heavy atom. The molecular formula is C17H25ClN2O2. The maximum absolute atomic E-state index is 6.36. The quantitative estimate of drug-likeness (QED) is 0.903. The molecule has 4 nitrogen and oxygen atoms in total. The molecule has 0 aromatic heterocycles. The lowest BCUT2D eigenvalue weighted by atomic mass is 9.86. The molecule has 1 spiro atoms. The van der Waals surface area contributed by atoms with E-state index in [0.29, 0.717) is 22.8 Å². The molecule has 0 amide bonds. The van der Waals surface area contributed by atoms with Gasteiger partial charge in [-0.1, -0.05) is 11.6 Å². The number of methoxy groups -OCH3 is 1. The van der Waals surface area contributed by atoms with Gasteiger partial charge < -0.3 is 14.8 Å². The molecule has 0 radical (unpaired) electrons. The minimum absolute atomic E-state index is 0.499. The van der Waals surface area contributed by atoms with Gasteiger partial charge in [0.05, 0.1) is 18.7 Å². The number of halogens is 1. The summed E-state index contributed by atoms with van der Waals surface area (Å²) in [6, 6.07) is 4.06. The first-order valence-electron chi connectivity index (χ1n) is 8.08. The number of nitrogens with one attached hydrogen (secondary N) is 1. The molecule has 1 atom stereocenters. The van der Waals surface area contributed by atoms with Crippen LogP contribution in [-0.4, -0.2) is 44.8 Å². The summed E-state index contributed by atoms with van der Waals surface area (Å²) < 4.78 is 11.0. The molecule has 0 saturated carbocycles. The van der Waals surface area contributed by atoms with Gasteiger partial charge in [-0.05, 0) is 56.0 Å². The number of likely N-dealkylation sites (tertiary alicyclic amines) is 1. The van der Waals surface area contributed by atoms with Crippen LogP contribution in [0.15, 0.2) is 12.1 Å². The number of nitrogens with zero attached hydrogens (tertiary/aromatic N) is 1. The van der Waals surface area contributed by atoms with Crippen molar-refractivity contribution in [3.63, 3.8) is 0 Å². The topological polar surface area (TPSA) is 33.7 Å². The molecule has 2 fully saturated rings. The second-order valence-electron chi connectivity index (χ2n) is 6.43. The van der Waals surface area contributed by atoms with E-state index in [-0.39, 0.29) is 0 Å². The molecule has 1 aromatic carbocycles. The highest BCUT2D eigenvalue weighted by Crippen LogP contribution is 2.39. The zero-order valence-electron chi connectivity index (χ0n) is 13.5. The van der Waals surface area contributed by atoms with Gasteiger partial charge in [-0.15, -0.1) is 0 Å². The average molecular weight is 325 g/mol. The van der Waals surface area contributed by atoms with Crippen molar-refractivity contribution >= 4 is 11.6 Å². The van der Waals surface area contributed by atoms with E-state index in [0.717, 1.165) is 31.9 Å². The third-order valence-corrected chi connectivity index (χ3v) is 5.11. The van der Waals surface area contributed by atoms with Crippen molar-refractivity contribution < 1.29 is 9.47 Å². The number of hydrogen-bond acceptors (Lipinski definition) is 4. The van der Waals surface area contributed by atoms with Gasteiger partial charge in [0.15, 0.2) is 11.5 Å². The summed E-state index contributed by atoms with van der Waals surface area (Å²) in [5.41, 5.74) is 1.69. The minimum atomic E-state index is 0.499. The zero-order valence-corrected chi connectivity index (χ0v) is 14.2. The Morgan fingerprint density at radius 1 is 1.36 bits per heavy atom. The van der Waals surface area contributed by atoms with Crippen molar-refractivity contribution in [3.05, 3.63) is 22.7 Å². The van der Waals surface area contributed by atoms with Crippen LogP contribution >= 0.6 is 11.6 Å². The molecule has 22 heavy (non-hydrogen) atoms. The fraction of sp³-hybridized carbons (Fsp3) is 0.647. The van der Waals surface area contributed by atoms with Crippen LogP contribution in [0.3, 0.4) is 0 Å². The van der Waals surface area contributed by atoms with Gasteiger partial charge in [-0.3, -0.25) is 4.90 Å². The Bertz CT molecular complexity index is 530. The van der Waals surface area contributed by atoms with Gasteiger partial charge in [0.2, 0.25) is 0 Å². The average Bonchev–Trinajstić information content (AvgIpc) is 3.12. The van der Waals surface area contributed by atoms with E-state index in [1.807, 2.05) is 13.0 Å². The first-order valence-corrected chi connectivity index (χ1v) is 8.46. The molecule has 2 heterocycles. The summed E-state index contributed by atoms with van der Waals surface area (Å²) in [6.07, 6.45) is 2.60. The number of benzene rings is 1. The van der Waals surface area contributed by atoms with E-state index in [9.17, 15) is 0 Å². The summed E-state index contributed by atoms with van der Waals surface area (Å²) in [4.78, 5) is 2.53. The Hall–Kier alpha value is -0.970. The zero-order chi connectivity index (χ0) is 15.6. The van der Waals surface area contributed by atoms with Crippen molar-refractivity contribution in [3.8, 4) is 11.5 Å². The Balaban J connectivity index is 1.71. The Kier molecular flexibility index (Phi) is 4.81. The van der Waals surface area contributed by atoms with Crippen molar-refractivity contribution in [1.82, 2.24) is 10.2 Å². The van der Waals surface area contributed by atoms with Crippen LogP contribution < -0.4 is 14.8 Å². The van der Waals surface area contributed by atoms with Crippen molar-refractivity contribution in [2.24, 2.45) is 5.41 Å². The second-order valence-corrected chi connectivity index (χ2v) is 6.84. The van der Waals surface area contributed by atoms with Crippen LogP contribution in [0.2, 0.25) is 5.02 Å². The largest absolute Gasteiger partial charge is 0.493 e. The highest BCUT2D eigenvalue weighted by atomic mass is 35.5. The summed E-state index contributed by atoms with van der Waals surface area (Å²) in [6.45, 7) is 8.11. The fourth-order valence-corrected chi connectivity index (χ4v) is 4.00. The van der Waals surface area contributed by atoms with Crippen LogP contribution in [0.25, 0.3) is 0 Å². The third kappa shape index (κ3) is 3.19. The molecule has 2 saturated heterocycles. The third-order valence-electron chi connectivity index (χ3n) is 4.83. The van der Waals surface area contributed by atoms with Gasteiger partial charge in [-0.2, -0.15) is 0 Å². The van der Waals surface area contributed by atoms with Crippen LogP contribution in [0.5, 0.6) is 11.5 Å². The van der Waals surface area contributed by atoms with E-state index < -0.39 is 0 Å². The molecule has 5 heteroatoms. The van der Waals surface area contributed by atoms with E-state index >= 15 is 0 Å². The van der Waals surface area contributed by atoms with Crippen LogP contribution in [-0.2, 0) is 6.54 Å². The molecule has 1 N–H and O–H groups in total. The Labute approximate surface area is 137 Å². The number of ether oxygens (including phenoxy) is 2. The second kappa shape index (κ2) is 6.65. The summed E-state index contributed by atoms with van der Waals surface area (Å²) in [5.74, 6) is 1.37. The molecule has 0 aliphatic carbocycles. The van der Waals surface area contributed by atoms with Crippen LogP contribution in [0.4, 0.5) is 0 Å². The van der Waals surface area contributed by atoms with E-state index in [1.54, 1.807) is 7.11 Å². The molecule has 2 aliphatic heterocycles. The summed E-state index contributed by atoms with van der Waals surface area (Å²) in [5, 5.41) is 4.14. The minimum Gasteiger partial charge on any atom is -0.493 e. The maximum Gasteiger partial charge on any atom is 0.179 e. The van der Waals surface area contributed by atoms with Crippen LogP contribution in [0, 0.1) is 5.41 Å². The molecule has 3 rings (SSSR count). The van der Waals surface area contributed by atoms with E-state index in [1.165, 1.54) is 24.9 Å². The number of hydrogen-bond donors (Lipinski definition) is 1. The normalized spacial score (nSPS) is 25.0. The van der Waals surface area contributed by atoms with Gasteiger partial charge in [0.25, 0.3) is 0 Å². The maximum atomic E-state index is 6.36. The SMILES string of the molecule is CCOc1c(Cl)cc(CN2CCC3(CCNC3)C2)cc1OC. The first-order chi connectivity index (χ1) is 10.7. The molecule has 1 unspecified atom stereocenters. The van der Waals surface area contributed by atoms with Gasteiger partial charge in [0, 0.05) is 19.6 Å². The highest BCUT2D eigenvalue weighted by Gasteiger charge is 2.40. The fourth-order valence-electron chi connectivity index (χ4n) is 3.71. The smallest absolute Gasteiger partial charge is 0.179 e. The molecule has 1 aromatic rings. The van der Waals surface area contributed by atoms with E-state index in [2.05, 4.69) is 16.3 Å². The highest BCUT2D eigenvalue weighted by molar-refractivity contribution is 6.32. The monoisotopic (exact) mass is 324 g/mol. The lowest BCUT2D eigenvalue weighted by Gasteiger charge is -2.23. The molecule has 122 valence electrons. The van der Waals surface area contributed by atoms with Gasteiger partial charge in [0.1, 0.15) is 0 Å². The van der Waals surface area contributed by atoms with Crippen molar-refractivity contribution in [1.29, 1.82) is 0 Å². The standard InChI is InChI=1S/C17H25ClN2O2/c1-3-22-16-14(18)8-13(9-15(16)21-2)10-20-7-5-17(12-20)4-6-19-11-17/h8-9,19H,3-7,10-12H2,1-2H3. The number of rotatable bonds is 5. The molecule has 2 aliphatic rings. The molecule has 0 bridgehead atoms. The lowest BCUT2D eigenvalue weighted by Crippen LogP contribution is -2.28. The first kappa shape index (κ1) is 15.9. The summed E-state index contributed by atoms with van der Waals surface area (Å²) in [7, 11) is 1.66. The predicted molar refractivity (Wildman–Crippen MR) is 89.0 cm³/mol. The lowest BCUT2D eigenvalue weighted by molar-refractivity contribution is 0.267.